The summed E-state index contributed by atoms with van der Waals surface area (Å²) in [6.07, 6.45) is 3.40. The SMILES string of the molecule is CCCCOCCCNCc1cccc(OCc2ccccc2C)c1. The normalized spacial score (nSPS) is 10.8. The number of nitrogens with one attached hydrogen (secondary N) is 1. The molecule has 0 atom stereocenters. The van der Waals surface area contributed by atoms with Crippen LogP contribution < -0.4 is 10.1 Å². The van der Waals surface area contributed by atoms with Crippen molar-refractivity contribution in [3.63, 3.8) is 0 Å². The lowest BCUT2D eigenvalue weighted by atomic mass is 10.1. The van der Waals surface area contributed by atoms with Crippen LogP contribution >= 0.6 is 0 Å². The zero-order valence-electron chi connectivity index (χ0n) is 15.6. The van der Waals surface area contributed by atoms with Gasteiger partial charge < -0.3 is 14.8 Å². The quantitative estimate of drug-likeness (QED) is 0.559. The van der Waals surface area contributed by atoms with Gasteiger partial charge in [-0.2, -0.15) is 0 Å². The Morgan fingerprint density at radius 3 is 2.64 bits per heavy atom. The number of aryl methyl sites for hydroxylation is 1. The van der Waals surface area contributed by atoms with Crippen molar-refractivity contribution in [2.45, 2.75) is 46.3 Å². The van der Waals surface area contributed by atoms with Gasteiger partial charge >= 0.3 is 0 Å². The summed E-state index contributed by atoms with van der Waals surface area (Å²) < 4.78 is 11.5. The Labute approximate surface area is 152 Å². The van der Waals surface area contributed by atoms with Gasteiger partial charge in [-0.3, -0.25) is 0 Å². The van der Waals surface area contributed by atoms with Crippen molar-refractivity contribution in [3.8, 4) is 5.75 Å². The summed E-state index contributed by atoms with van der Waals surface area (Å²) >= 11 is 0. The molecule has 0 bridgehead atoms. The van der Waals surface area contributed by atoms with E-state index < -0.39 is 0 Å². The van der Waals surface area contributed by atoms with Gasteiger partial charge in [-0.25, -0.2) is 0 Å². The average molecular weight is 341 g/mol. The summed E-state index contributed by atoms with van der Waals surface area (Å²) in [5.74, 6) is 0.922. The van der Waals surface area contributed by atoms with Crippen LogP contribution in [0.1, 0.15) is 42.9 Å². The van der Waals surface area contributed by atoms with Gasteiger partial charge in [-0.05, 0) is 55.1 Å². The smallest absolute Gasteiger partial charge is 0.120 e. The van der Waals surface area contributed by atoms with Gasteiger partial charge in [0.25, 0.3) is 0 Å². The first-order valence-corrected chi connectivity index (χ1v) is 9.34. The lowest BCUT2D eigenvalue weighted by molar-refractivity contribution is 0.129. The highest BCUT2D eigenvalue weighted by Crippen LogP contribution is 2.16. The Balaban J connectivity index is 1.67. The highest BCUT2D eigenvalue weighted by Gasteiger charge is 2.00. The Bertz CT molecular complexity index is 612. The van der Waals surface area contributed by atoms with Gasteiger partial charge in [0.2, 0.25) is 0 Å². The summed E-state index contributed by atoms with van der Waals surface area (Å²) in [5.41, 5.74) is 3.74. The van der Waals surface area contributed by atoms with E-state index in [9.17, 15) is 0 Å². The Kier molecular flexibility index (Phi) is 9.09. The van der Waals surface area contributed by atoms with Crippen LogP contribution in [0.2, 0.25) is 0 Å². The molecule has 0 unspecified atom stereocenters. The second kappa shape index (κ2) is 11.7. The predicted molar refractivity (Wildman–Crippen MR) is 104 cm³/mol. The van der Waals surface area contributed by atoms with E-state index in [1.54, 1.807) is 0 Å². The fraction of sp³-hybridized carbons (Fsp3) is 0.455. The largest absolute Gasteiger partial charge is 0.489 e. The summed E-state index contributed by atoms with van der Waals surface area (Å²) in [6, 6.07) is 16.7. The fourth-order valence-electron chi connectivity index (χ4n) is 2.56. The summed E-state index contributed by atoms with van der Waals surface area (Å²) in [4.78, 5) is 0. The minimum Gasteiger partial charge on any atom is -0.489 e. The Hall–Kier alpha value is -1.84. The first-order chi connectivity index (χ1) is 12.3. The highest BCUT2D eigenvalue weighted by atomic mass is 16.5. The van der Waals surface area contributed by atoms with Gasteiger partial charge in [-0.1, -0.05) is 49.7 Å². The van der Waals surface area contributed by atoms with E-state index >= 15 is 0 Å². The van der Waals surface area contributed by atoms with Gasteiger partial charge in [0.1, 0.15) is 12.4 Å². The molecule has 0 aliphatic carbocycles. The zero-order valence-corrected chi connectivity index (χ0v) is 15.6. The number of benzene rings is 2. The minimum absolute atomic E-state index is 0.610. The first kappa shape index (κ1) is 19.5. The first-order valence-electron chi connectivity index (χ1n) is 9.34. The summed E-state index contributed by atoms with van der Waals surface area (Å²) in [7, 11) is 0. The Morgan fingerprint density at radius 2 is 1.80 bits per heavy atom. The standard InChI is InChI=1S/C22H31NO2/c1-3-4-14-24-15-8-13-23-17-20-10-7-12-22(16-20)25-18-21-11-6-5-9-19(21)2/h5-7,9-12,16,23H,3-4,8,13-15,17-18H2,1-2H3. The molecule has 2 aromatic carbocycles. The van der Waals surface area contributed by atoms with Crippen LogP contribution in [-0.2, 0) is 17.9 Å². The molecule has 3 heteroatoms. The third kappa shape index (κ3) is 7.72. The molecular formula is C22H31NO2. The van der Waals surface area contributed by atoms with Crippen molar-refractivity contribution in [2.75, 3.05) is 19.8 Å². The summed E-state index contributed by atoms with van der Waals surface area (Å²) in [6.45, 7) is 8.47. The van der Waals surface area contributed by atoms with Crippen LogP contribution in [0.15, 0.2) is 48.5 Å². The second-order valence-electron chi connectivity index (χ2n) is 6.36. The summed E-state index contributed by atoms with van der Waals surface area (Å²) in [5, 5.41) is 3.47. The van der Waals surface area contributed by atoms with Crippen LogP contribution in [0.5, 0.6) is 5.75 Å². The van der Waals surface area contributed by atoms with Crippen LogP contribution in [-0.4, -0.2) is 19.8 Å². The molecule has 0 fully saturated rings. The molecule has 0 saturated heterocycles. The van der Waals surface area contributed by atoms with Crippen LogP contribution in [0, 0.1) is 6.92 Å². The molecular weight excluding hydrogens is 310 g/mol. The van der Waals surface area contributed by atoms with Crippen molar-refractivity contribution in [2.24, 2.45) is 0 Å². The molecule has 0 saturated carbocycles. The topological polar surface area (TPSA) is 30.5 Å². The third-order valence-electron chi connectivity index (χ3n) is 4.17. The van der Waals surface area contributed by atoms with E-state index in [4.69, 9.17) is 9.47 Å². The molecule has 0 heterocycles. The molecule has 0 amide bonds. The van der Waals surface area contributed by atoms with E-state index in [1.807, 2.05) is 6.07 Å². The molecule has 2 aromatic rings. The van der Waals surface area contributed by atoms with Crippen LogP contribution in [0.3, 0.4) is 0 Å². The maximum absolute atomic E-state index is 5.95. The third-order valence-corrected chi connectivity index (χ3v) is 4.17. The van der Waals surface area contributed by atoms with Gasteiger partial charge in [0.15, 0.2) is 0 Å². The maximum atomic E-state index is 5.95. The van der Waals surface area contributed by atoms with Gasteiger partial charge in [0, 0.05) is 19.8 Å². The molecule has 0 radical (unpaired) electrons. The van der Waals surface area contributed by atoms with Crippen molar-refractivity contribution in [1.29, 1.82) is 0 Å². The fourth-order valence-corrected chi connectivity index (χ4v) is 2.56. The number of ether oxygens (including phenoxy) is 2. The maximum Gasteiger partial charge on any atom is 0.120 e. The average Bonchev–Trinajstić information content (AvgIpc) is 2.64. The van der Waals surface area contributed by atoms with Crippen molar-refractivity contribution < 1.29 is 9.47 Å². The molecule has 1 N–H and O–H groups in total. The van der Waals surface area contributed by atoms with Crippen molar-refractivity contribution in [3.05, 3.63) is 65.2 Å². The molecule has 0 aliphatic rings. The lowest BCUT2D eigenvalue weighted by Crippen LogP contribution is -2.16. The minimum atomic E-state index is 0.610. The van der Waals surface area contributed by atoms with E-state index in [1.165, 1.54) is 23.1 Å². The monoisotopic (exact) mass is 341 g/mol. The predicted octanol–water partition coefficient (Wildman–Crippen LogP) is 4.87. The molecule has 25 heavy (non-hydrogen) atoms. The Morgan fingerprint density at radius 1 is 0.960 bits per heavy atom. The van der Waals surface area contributed by atoms with Crippen LogP contribution in [0.25, 0.3) is 0 Å². The van der Waals surface area contributed by atoms with Crippen molar-refractivity contribution in [1.82, 2.24) is 5.32 Å². The molecule has 3 nitrogen and oxygen atoms in total. The highest BCUT2D eigenvalue weighted by molar-refractivity contribution is 5.30. The number of hydrogen-bond donors (Lipinski definition) is 1. The molecule has 0 spiro atoms. The second-order valence-corrected chi connectivity index (χ2v) is 6.36. The van der Waals surface area contributed by atoms with Crippen LogP contribution in [0.4, 0.5) is 0 Å². The number of unbranched alkanes of at least 4 members (excludes halogenated alkanes) is 1. The van der Waals surface area contributed by atoms with Gasteiger partial charge in [-0.15, -0.1) is 0 Å². The lowest BCUT2D eigenvalue weighted by Gasteiger charge is -2.10. The van der Waals surface area contributed by atoms with E-state index in [-0.39, 0.29) is 0 Å². The number of hydrogen-bond acceptors (Lipinski definition) is 3. The van der Waals surface area contributed by atoms with E-state index in [0.29, 0.717) is 6.61 Å². The van der Waals surface area contributed by atoms with Gasteiger partial charge in [0.05, 0.1) is 0 Å². The zero-order chi connectivity index (χ0) is 17.7. The number of rotatable bonds is 12. The molecule has 0 aliphatic heterocycles. The van der Waals surface area contributed by atoms with E-state index in [2.05, 4.69) is 61.6 Å². The molecule has 2 rings (SSSR count). The van der Waals surface area contributed by atoms with Crippen molar-refractivity contribution >= 4 is 0 Å². The van der Waals surface area contributed by atoms with E-state index in [0.717, 1.165) is 44.9 Å². The molecule has 0 aromatic heterocycles. The molecule has 136 valence electrons.